The van der Waals surface area contributed by atoms with Crippen LogP contribution in [0.5, 0.6) is 0 Å². The molecule has 0 atom stereocenters. The molecule has 7 heteroatoms. The Morgan fingerprint density at radius 1 is 1.57 bits per heavy atom. The molecule has 1 rings (SSSR count). The third kappa shape index (κ3) is 1.97. The Kier molecular flexibility index (Phi) is 2.98. The summed E-state index contributed by atoms with van der Waals surface area (Å²) in [6.45, 7) is -0.254. The van der Waals surface area contributed by atoms with Crippen LogP contribution in [0, 0.1) is 0 Å². The monoisotopic (exact) mass is 236 g/mol. The molecule has 0 saturated carbocycles. The number of nitrogens with zero attached hydrogens (tertiary/aromatic N) is 1. The van der Waals surface area contributed by atoms with Crippen LogP contribution >= 0.6 is 11.6 Å². The molecule has 1 aromatic heterocycles. The Labute approximate surface area is 86.5 Å². The molecule has 78 valence electrons. The summed E-state index contributed by atoms with van der Waals surface area (Å²) in [6, 6.07) is 2.67. The zero-order valence-corrected chi connectivity index (χ0v) is 8.97. The lowest BCUT2D eigenvalue weighted by Gasteiger charge is -2.05. The van der Waals surface area contributed by atoms with Crippen molar-refractivity contribution in [2.75, 3.05) is 12.8 Å². The second-order valence-corrected chi connectivity index (χ2v) is 4.91. The topological polar surface area (TPSA) is 82.2 Å². The quantitative estimate of drug-likeness (QED) is 0.754. The summed E-state index contributed by atoms with van der Waals surface area (Å²) in [7, 11) is -3.57. The SMILES string of the molecule is CS(=O)(=O)n1c(Cl)ccc1C(=O)CN. The number of hydrogen-bond acceptors (Lipinski definition) is 4. The van der Waals surface area contributed by atoms with E-state index in [4.69, 9.17) is 17.3 Å². The molecule has 0 amide bonds. The van der Waals surface area contributed by atoms with Gasteiger partial charge in [0, 0.05) is 0 Å². The van der Waals surface area contributed by atoms with E-state index in [-0.39, 0.29) is 17.4 Å². The van der Waals surface area contributed by atoms with Gasteiger partial charge in [0.2, 0.25) is 10.0 Å². The molecule has 0 aliphatic rings. The lowest BCUT2D eigenvalue weighted by atomic mass is 10.3. The summed E-state index contributed by atoms with van der Waals surface area (Å²) in [5.74, 6) is -0.470. The van der Waals surface area contributed by atoms with E-state index in [1.165, 1.54) is 12.1 Å². The molecule has 0 aliphatic carbocycles. The first-order valence-electron chi connectivity index (χ1n) is 3.69. The van der Waals surface area contributed by atoms with Crippen LogP contribution in [0.25, 0.3) is 0 Å². The predicted octanol–water partition coefficient (Wildman–Crippen LogP) is 0.0906. The van der Waals surface area contributed by atoms with Gasteiger partial charge in [0.15, 0.2) is 5.78 Å². The van der Waals surface area contributed by atoms with Crippen LogP contribution in [-0.2, 0) is 10.0 Å². The Morgan fingerprint density at radius 2 is 2.14 bits per heavy atom. The molecular weight excluding hydrogens is 228 g/mol. The molecule has 5 nitrogen and oxygen atoms in total. The number of hydrogen-bond donors (Lipinski definition) is 1. The van der Waals surface area contributed by atoms with Crippen LogP contribution in [0.3, 0.4) is 0 Å². The van der Waals surface area contributed by atoms with Gasteiger partial charge < -0.3 is 5.73 Å². The number of ketones is 1. The molecule has 1 heterocycles. The van der Waals surface area contributed by atoms with Crippen molar-refractivity contribution in [1.82, 2.24) is 3.97 Å². The van der Waals surface area contributed by atoms with Crippen molar-refractivity contribution in [2.24, 2.45) is 5.73 Å². The Balaban J connectivity index is 3.42. The van der Waals surface area contributed by atoms with Crippen LogP contribution in [0.15, 0.2) is 12.1 Å². The minimum Gasteiger partial charge on any atom is -0.324 e. The van der Waals surface area contributed by atoms with Gasteiger partial charge in [-0.2, -0.15) is 0 Å². The normalized spacial score (nSPS) is 11.6. The van der Waals surface area contributed by atoms with E-state index in [1.54, 1.807) is 0 Å². The lowest BCUT2D eigenvalue weighted by Crippen LogP contribution is -2.21. The van der Waals surface area contributed by atoms with Crippen LogP contribution in [0.2, 0.25) is 5.15 Å². The maximum Gasteiger partial charge on any atom is 0.237 e. The first-order chi connectivity index (χ1) is 6.38. The van der Waals surface area contributed by atoms with E-state index in [1.807, 2.05) is 0 Å². The summed E-state index contributed by atoms with van der Waals surface area (Å²) in [5, 5.41) is -0.0238. The summed E-state index contributed by atoms with van der Waals surface area (Å²) in [5.41, 5.74) is 5.11. The van der Waals surface area contributed by atoms with Crippen molar-refractivity contribution < 1.29 is 13.2 Å². The standard InChI is InChI=1S/C7H9ClN2O3S/c1-14(12,13)10-5(6(11)4-9)2-3-7(10)8/h2-3H,4,9H2,1H3. The molecular formula is C7H9ClN2O3S. The fourth-order valence-electron chi connectivity index (χ4n) is 1.05. The van der Waals surface area contributed by atoms with Gasteiger partial charge in [0.25, 0.3) is 0 Å². The minimum absolute atomic E-state index is 0.0139. The summed E-state index contributed by atoms with van der Waals surface area (Å²) in [6.07, 6.45) is 0.964. The molecule has 0 unspecified atom stereocenters. The Bertz CT molecular complexity index is 463. The largest absolute Gasteiger partial charge is 0.324 e. The second kappa shape index (κ2) is 3.72. The van der Waals surface area contributed by atoms with Gasteiger partial charge in [0.05, 0.1) is 12.8 Å². The molecule has 0 fully saturated rings. The summed E-state index contributed by atoms with van der Waals surface area (Å²) < 4.78 is 23.3. The van der Waals surface area contributed by atoms with Crippen molar-refractivity contribution in [3.05, 3.63) is 23.0 Å². The van der Waals surface area contributed by atoms with E-state index in [0.717, 1.165) is 10.2 Å². The van der Waals surface area contributed by atoms with Crippen LogP contribution in [0.1, 0.15) is 10.5 Å². The Hall–Kier alpha value is -0.850. The molecule has 0 radical (unpaired) electrons. The predicted molar refractivity (Wildman–Crippen MR) is 53.1 cm³/mol. The van der Waals surface area contributed by atoms with Crippen LogP contribution in [-0.4, -0.2) is 31.0 Å². The fraction of sp³-hybridized carbons (Fsp3) is 0.286. The lowest BCUT2D eigenvalue weighted by molar-refractivity contribution is 0.0996. The van der Waals surface area contributed by atoms with E-state index >= 15 is 0 Å². The van der Waals surface area contributed by atoms with Gasteiger partial charge in [-0.25, -0.2) is 12.4 Å². The number of carbonyl (C=O) groups is 1. The zero-order chi connectivity index (χ0) is 10.9. The van der Waals surface area contributed by atoms with Gasteiger partial charge in [0.1, 0.15) is 10.8 Å². The molecule has 0 aromatic carbocycles. The smallest absolute Gasteiger partial charge is 0.237 e. The minimum atomic E-state index is -3.57. The first-order valence-corrected chi connectivity index (χ1v) is 5.91. The van der Waals surface area contributed by atoms with E-state index in [0.29, 0.717) is 0 Å². The molecule has 1 aromatic rings. The molecule has 0 spiro atoms. The average Bonchev–Trinajstić information content (AvgIpc) is 2.44. The first kappa shape index (κ1) is 11.2. The van der Waals surface area contributed by atoms with Gasteiger partial charge in [-0.1, -0.05) is 11.6 Å². The van der Waals surface area contributed by atoms with E-state index in [9.17, 15) is 13.2 Å². The Morgan fingerprint density at radius 3 is 2.57 bits per heavy atom. The van der Waals surface area contributed by atoms with Crippen molar-refractivity contribution in [2.45, 2.75) is 0 Å². The maximum atomic E-state index is 11.2. The number of rotatable bonds is 3. The molecule has 0 bridgehead atoms. The van der Waals surface area contributed by atoms with Crippen molar-refractivity contribution in [3.8, 4) is 0 Å². The number of Topliss-reactive ketones (excluding diaryl/α,β-unsaturated/α-hetero) is 1. The molecule has 0 saturated heterocycles. The van der Waals surface area contributed by atoms with E-state index < -0.39 is 15.8 Å². The van der Waals surface area contributed by atoms with Crippen molar-refractivity contribution in [3.63, 3.8) is 0 Å². The summed E-state index contributed by atoms with van der Waals surface area (Å²) >= 11 is 5.62. The molecule has 2 N–H and O–H groups in total. The van der Waals surface area contributed by atoms with Crippen LogP contribution in [0.4, 0.5) is 0 Å². The number of nitrogens with two attached hydrogens (primary N) is 1. The summed E-state index contributed by atoms with van der Waals surface area (Å²) in [4.78, 5) is 11.2. The molecule has 14 heavy (non-hydrogen) atoms. The van der Waals surface area contributed by atoms with Crippen molar-refractivity contribution in [1.29, 1.82) is 0 Å². The highest BCUT2D eigenvalue weighted by atomic mass is 35.5. The highest BCUT2D eigenvalue weighted by Gasteiger charge is 2.19. The van der Waals surface area contributed by atoms with Gasteiger partial charge in [-0.3, -0.25) is 4.79 Å². The maximum absolute atomic E-state index is 11.2. The van der Waals surface area contributed by atoms with Crippen LogP contribution < -0.4 is 5.73 Å². The second-order valence-electron chi connectivity index (χ2n) is 2.70. The number of aromatic nitrogens is 1. The highest BCUT2D eigenvalue weighted by molar-refractivity contribution is 7.89. The fourth-order valence-corrected chi connectivity index (χ4v) is 2.47. The molecule has 0 aliphatic heterocycles. The third-order valence-electron chi connectivity index (χ3n) is 1.59. The average molecular weight is 237 g/mol. The van der Waals surface area contributed by atoms with Gasteiger partial charge in [-0.05, 0) is 12.1 Å². The van der Waals surface area contributed by atoms with Gasteiger partial charge >= 0.3 is 0 Å². The van der Waals surface area contributed by atoms with Crippen molar-refractivity contribution >= 4 is 27.4 Å². The number of halogens is 1. The number of carbonyl (C=O) groups excluding carboxylic acids is 1. The highest BCUT2D eigenvalue weighted by Crippen LogP contribution is 2.17. The zero-order valence-electron chi connectivity index (χ0n) is 7.40. The van der Waals surface area contributed by atoms with Gasteiger partial charge in [-0.15, -0.1) is 0 Å². The van der Waals surface area contributed by atoms with E-state index in [2.05, 4.69) is 0 Å². The third-order valence-corrected chi connectivity index (χ3v) is 3.05.